The Hall–Kier alpha value is -1.36. The minimum Gasteiger partial charge on any atom is -0.461 e. The van der Waals surface area contributed by atoms with E-state index >= 15 is 0 Å². The third kappa shape index (κ3) is 3.06. The molecule has 0 saturated carbocycles. The van der Waals surface area contributed by atoms with Gasteiger partial charge in [0, 0.05) is 13.0 Å². The van der Waals surface area contributed by atoms with E-state index in [4.69, 9.17) is 13.9 Å². The smallest absolute Gasteiger partial charge is 0.360 e. The third-order valence-electron chi connectivity index (χ3n) is 2.83. The van der Waals surface area contributed by atoms with Crippen LogP contribution in [0.25, 0.3) is 0 Å². The first-order valence-electron chi connectivity index (χ1n) is 6.02. The van der Waals surface area contributed by atoms with Crippen LogP contribution >= 0.6 is 0 Å². The van der Waals surface area contributed by atoms with Crippen molar-refractivity contribution in [3.63, 3.8) is 0 Å². The second-order valence-corrected chi connectivity index (χ2v) is 4.02. The first-order valence-corrected chi connectivity index (χ1v) is 6.02. The van der Waals surface area contributed by atoms with Gasteiger partial charge in [-0.05, 0) is 26.2 Å². The zero-order chi connectivity index (χ0) is 12.1. The van der Waals surface area contributed by atoms with Crippen LogP contribution in [-0.2, 0) is 15.9 Å². The van der Waals surface area contributed by atoms with Crippen LogP contribution in [0.5, 0.6) is 0 Å². The summed E-state index contributed by atoms with van der Waals surface area (Å²) in [5, 5.41) is 0. The molecule has 0 aromatic carbocycles. The number of aromatic nitrogens is 1. The van der Waals surface area contributed by atoms with Gasteiger partial charge in [-0.1, -0.05) is 0 Å². The maximum Gasteiger partial charge on any atom is 0.360 e. The number of oxazole rings is 1. The predicted molar refractivity (Wildman–Crippen MR) is 59.8 cm³/mol. The molecule has 2 rings (SSSR count). The van der Waals surface area contributed by atoms with Crippen LogP contribution in [0.4, 0.5) is 0 Å². The van der Waals surface area contributed by atoms with Crippen LogP contribution in [0.3, 0.4) is 0 Å². The van der Waals surface area contributed by atoms with Gasteiger partial charge < -0.3 is 13.9 Å². The molecule has 1 saturated heterocycles. The fourth-order valence-corrected chi connectivity index (χ4v) is 1.98. The van der Waals surface area contributed by atoms with Gasteiger partial charge in [0.15, 0.2) is 12.1 Å². The molecule has 0 radical (unpaired) electrons. The minimum atomic E-state index is -0.413. The van der Waals surface area contributed by atoms with Crippen molar-refractivity contribution in [2.24, 2.45) is 0 Å². The highest BCUT2D eigenvalue weighted by Crippen LogP contribution is 2.19. The summed E-state index contributed by atoms with van der Waals surface area (Å²) in [6, 6.07) is 0. The Labute approximate surface area is 100 Å². The molecular formula is C12H17NO4. The molecule has 1 fully saturated rings. The van der Waals surface area contributed by atoms with Crippen molar-refractivity contribution in [1.29, 1.82) is 0 Å². The van der Waals surface area contributed by atoms with Crippen LogP contribution in [0.2, 0.25) is 0 Å². The fraction of sp³-hybridized carbons (Fsp3) is 0.667. The van der Waals surface area contributed by atoms with E-state index in [9.17, 15) is 4.79 Å². The molecule has 0 spiro atoms. The standard InChI is InChI=1S/C12H17NO4/c1-2-15-12(14)11-10(17-8-13-11)6-5-9-4-3-7-16-9/h8-9H,2-7H2,1H3. The average Bonchev–Trinajstić information content (AvgIpc) is 2.98. The van der Waals surface area contributed by atoms with Gasteiger partial charge in [-0.2, -0.15) is 0 Å². The molecule has 0 aliphatic carbocycles. The molecule has 1 aliphatic heterocycles. The molecule has 1 atom stereocenters. The largest absolute Gasteiger partial charge is 0.461 e. The molecule has 94 valence electrons. The number of hydrogen-bond acceptors (Lipinski definition) is 5. The molecule has 1 aromatic heterocycles. The molecular weight excluding hydrogens is 222 g/mol. The first-order chi connectivity index (χ1) is 8.31. The number of aryl methyl sites for hydroxylation is 1. The van der Waals surface area contributed by atoms with Gasteiger partial charge in [-0.25, -0.2) is 9.78 Å². The van der Waals surface area contributed by atoms with Gasteiger partial charge in [0.1, 0.15) is 5.76 Å². The summed E-state index contributed by atoms with van der Waals surface area (Å²) in [4.78, 5) is 15.4. The number of nitrogens with zero attached hydrogens (tertiary/aromatic N) is 1. The highest BCUT2D eigenvalue weighted by molar-refractivity contribution is 5.88. The van der Waals surface area contributed by atoms with Gasteiger partial charge in [-0.3, -0.25) is 0 Å². The molecule has 17 heavy (non-hydrogen) atoms. The Morgan fingerprint density at radius 2 is 2.53 bits per heavy atom. The van der Waals surface area contributed by atoms with Crippen LogP contribution in [0, 0.1) is 0 Å². The Bertz CT molecular complexity index is 368. The SMILES string of the molecule is CCOC(=O)c1ncoc1CCC1CCCO1. The van der Waals surface area contributed by atoms with Crippen molar-refractivity contribution in [3.05, 3.63) is 17.8 Å². The Kier molecular flexibility index (Phi) is 4.14. The van der Waals surface area contributed by atoms with Crippen molar-refractivity contribution < 1.29 is 18.7 Å². The molecule has 5 heteroatoms. The number of rotatable bonds is 5. The van der Waals surface area contributed by atoms with E-state index < -0.39 is 5.97 Å². The van der Waals surface area contributed by atoms with Gasteiger partial charge in [-0.15, -0.1) is 0 Å². The lowest BCUT2D eigenvalue weighted by Gasteiger charge is -2.07. The molecule has 5 nitrogen and oxygen atoms in total. The third-order valence-corrected chi connectivity index (χ3v) is 2.83. The van der Waals surface area contributed by atoms with Crippen molar-refractivity contribution in [2.45, 2.75) is 38.7 Å². The molecule has 1 aromatic rings. The topological polar surface area (TPSA) is 61.6 Å². The summed E-state index contributed by atoms with van der Waals surface area (Å²) in [5.41, 5.74) is 0.296. The molecule has 1 unspecified atom stereocenters. The van der Waals surface area contributed by atoms with E-state index in [2.05, 4.69) is 4.98 Å². The van der Waals surface area contributed by atoms with Gasteiger partial charge in [0.05, 0.1) is 12.7 Å². The van der Waals surface area contributed by atoms with E-state index in [1.54, 1.807) is 6.92 Å². The zero-order valence-electron chi connectivity index (χ0n) is 9.98. The van der Waals surface area contributed by atoms with Crippen LogP contribution in [-0.4, -0.2) is 30.3 Å². The summed E-state index contributed by atoms with van der Waals surface area (Å²) in [5.74, 6) is 0.183. The maximum absolute atomic E-state index is 11.5. The average molecular weight is 239 g/mol. The second kappa shape index (κ2) is 5.82. The van der Waals surface area contributed by atoms with E-state index in [1.165, 1.54) is 6.39 Å². The zero-order valence-corrected chi connectivity index (χ0v) is 9.98. The Morgan fingerprint density at radius 3 is 3.24 bits per heavy atom. The van der Waals surface area contributed by atoms with Gasteiger partial charge in [0.25, 0.3) is 0 Å². The lowest BCUT2D eigenvalue weighted by atomic mass is 10.1. The van der Waals surface area contributed by atoms with Gasteiger partial charge >= 0.3 is 5.97 Å². The minimum absolute atomic E-state index is 0.287. The summed E-state index contributed by atoms with van der Waals surface area (Å²) in [6.07, 6.45) is 5.31. The number of esters is 1. The van der Waals surface area contributed by atoms with Crippen LogP contribution in [0.1, 0.15) is 42.4 Å². The Balaban J connectivity index is 1.91. The van der Waals surface area contributed by atoms with E-state index in [-0.39, 0.29) is 6.10 Å². The molecule has 0 amide bonds. The van der Waals surface area contributed by atoms with Crippen molar-refractivity contribution in [2.75, 3.05) is 13.2 Å². The predicted octanol–water partition coefficient (Wildman–Crippen LogP) is 1.96. The molecule has 0 bridgehead atoms. The van der Waals surface area contributed by atoms with Crippen LogP contribution < -0.4 is 0 Å². The summed E-state index contributed by atoms with van der Waals surface area (Å²) >= 11 is 0. The van der Waals surface area contributed by atoms with E-state index in [0.29, 0.717) is 24.5 Å². The lowest BCUT2D eigenvalue weighted by Crippen LogP contribution is -2.10. The van der Waals surface area contributed by atoms with Gasteiger partial charge in [0.2, 0.25) is 0 Å². The van der Waals surface area contributed by atoms with Crippen LogP contribution in [0.15, 0.2) is 10.8 Å². The number of hydrogen-bond donors (Lipinski definition) is 0. The number of ether oxygens (including phenoxy) is 2. The quantitative estimate of drug-likeness (QED) is 0.735. The Morgan fingerprint density at radius 1 is 1.65 bits per heavy atom. The first kappa shape index (κ1) is 12.1. The maximum atomic E-state index is 11.5. The highest BCUT2D eigenvalue weighted by Gasteiger charge is 2.21. The lowest BCUT2D eigenvalue weighted by molar-refractivity contribution is 0.0516. The molecule has 2 heterocycles. The summed E-state index contributed by atoms with van der Waals surface area (Å²) in [6.45, 7) is 2.95. The van der Waals surface area contributed by atoms with Crippen molar-refractivity contribution >= 4 is 5.97 Å². The van der Waals surface area contributed by atoms with Crippen molar-refractivity contribution in [3.8, 4) is 0 Å². The molecule has 1 aliphatic rings. The summed E-state index contributed by atoms with van der Waals surface area (Å²) < 4.78 is 15.7. The number of carbonyl (C=O) groups is 1. The fourth-order valence-electron chi connectivity index (χ4n) is 1.98. The normalized spacial score (nSPS) is 19.5. The number of carbonyl (C=O) groups excluding carboxylic acids is 1. The second-order valence-electron chi connectivity index (χ2n) is 4.02. The van der Waals surface area contributed by atoms with Crippen molar-refractivity contribution in [1.82, 2.24) is 4.98 Å². The van der Waals surface area contributed by atoms with E-state index in [1.807, 2.05) is 0 Å². The monoisotopic (exact) mass is 239 g/mol. The van der Waals surface area contributed by atoms with E-state index in [0.717, 1.165) is 25.9 Å². The summed E-state index contributed by atoms with van der Waals surface area (Å²) in [7, 11) is 0. The molecule has 0 N–H and O–H groups in total. The highest BCUT2D eigenvalue weighted by atomic mass is 16.5.